The van der Waals surface area contributed by atoms with Gasteiger partial charge in [-0.15, -0.1) is 0 Å². The number of hydrogen-bond donors (Lipinski definition) is 2. The number of hydrogen-bond acceptors (Lipinski definition) is 2. The Morgan fingerprint density at radius 2 is 1.33 bits per heavy atom. The van der Waals surface area contributed by atoms with Crippen LogP contribution in [0, 0.1) is 5.92 Å². The van der Waals surface area contributed by atoms with Crippen LogP contribution in [0.3, 0.4) is 0 Å². The van der Waals surface area contributed by atoms with Gasteiger partial charge in [-0.25, -0.2) is 0 Å². The van der Waals surface area contributed by atoms with Crippen LogP contribution in [0.1, 0.15) is 78.1 Å². The molecule has 108 valence electrons. The topological polar surface area (TPSA) is 57.5 Å². The Hall–Kier alpha value is -0.570. The van der Waals surface area contributed by atoms with E-state index >= 15 is 0 Å². The summed E-state index contributed by atoms with van der Waals surface area (Å²) in [5.74, 6) is -0.0895. The normalized spacial score (nSPS) is 12.9. The fourth-order valence-electron chi connectivity index (χ4n) is 2.12. The third kappa shape index (κ3) is 13.5. The number of aliphatic carboxylic acids is 1. The molecule has 0 aliphatic heterocycles. The molecule has 0 rings (SSSR count). The van der Waals surface area contributed by atoms with E-state index in [1.165, 1.54) is 38.5 Å². The molecule has 0 spiro atoms. The zero-order chi connectivity index (χ0) is 13.8. The SMILES string of the molecule is CC(C)CCCCCCCCC[C@H](O)CC(=O)O. The lowest BCUT2D eigenvalue weighted by Crippen LogP contribution is -2.12. The Bertz CT molecular complexity index is 202. The fourth-order valence-corrected chi connectivity index (χ4v) is 2.12. The monoisotopic (exact) mass is 258 g/mol. The largest absolute Gasteiger partial charge is 0.481 e. The van der Waals surface area contributed by atoms with Crippen LogP contribution < -0.4 is 0 Å². The van der Waals surface area contributed by atoms with E-state index in [4.69, 9.17) is 5.11 Å². The van der Waals surface area contributed by atoms with Gasteiger partial charge in [-0.05, 0) is 12.3 Å². The molecule has 2 N–H and O–H groups in total. The van der Waals surface area contributed by atoms with Gasteiger partial charge in [0.25, 0.3) is 0 Å². The maximum absolute atomic E-state index is 10.3. The van der Waals surface area contributed by atoms with Crippen molar-refractivity contribution in [3.63, 3.8) is 0 Å². The highest BCUT2D eigenvalue weighted by atomic mass is 16.4. The number of aliphatic hydroxyl groups excluding tert-OH is 1. The molecule has 0 fully saturated rings. The highest BCUT2D eigenvalue weighted by Gasteiger charge is 2.08. The summed E-state index contributed by atoms with van der Waals surface area (Å²) in [6, 6.07) is 0. The van der Waals surface area contributed by atoms with Gasteiger partial charge >= 0.3 is 5.97 Å². The first-order valence-electron chi connectivity index (χ1n) is 7.42. The number of aliphatic hydroxyl groups is 1. The number of rotatable bonds is 12. The average Bonchev–Trinajstić information content (AvgIpc) is 2.25. The maximum Gasteiger partial charge on any atom is 0.305 e. The van der Waals surface area contributed by atoms with Gasteiger partial charge in [0.15, 0.2) is 0 Å². The van der Waals surface area contributed by atoms with Crippen molar-refractivity contribution in [2.45, 2.75) is 84.2 Å². The molecule has 0 aliphatic carbocycles. The third-order valence-corrected chi connectivity index (χ3v) is 3.23. The number of unbranched alkanes of at least 4 members (excludes halogenated alkanes) is 6. The summed E-state index contributed by atoms with van der Waals surface area (Å²) in [6.07, 6.45) is 9.71. The summed E-state index contributed by atoms with van der Waals surface area (Å²) < 4.78 is 0. The Labute approximate surface area is 112 Å². The van der Waals surface area contributed by atoms with E-state index < -0.39 is 12.1 Å². The molecular weight excluding hydrogens is 228 g/mol. The van der Waals surface area contributed by atoms with E-state index in [0.717, 1.165) is 18.8 Å². The van der Waals surface area contributed by atoms with Gasteiger partial charge in [-0.3, -0.25) is 4.79 Å². The zero-order valence-electron chi connectivity index (χ0n) is 12.0. The van der Waals surface area contributed by atoms with E-state index in [9.17, 15) is 9.90 Å². The zero-order valence-corrected chi connectivity index (χ0v) is 12.0. The Morgan fingerprint density at radius 1 is 0.889 bits per heavy atom. The Balaban J connectivity index is 3.14. The minimum Gasteiger partial charge on any atom is -0.481 e. The van der Waals surface area contributed by atoms with Gasteiger partial charge in [0.1, 0.15) is 0 Å². The van der Waals surface area contributed by atoms with Crippen LogP contribution >= 0.6 is 0 Å². The molecule has 0 bridgehead atoms. The number of carboxylic acid groups (broad SMARTS) is 1. The predicted molar refractivity (Wildman–Crippen MR) is 74.7 cm³/mol. The third-order valence-electron chi connectivity index (χ3n) is 3.23. The van der Waals surface area contributed by atoms with E-state index in [1.54, 1.807) is 0 Å². The molecule has 3 nitrogen and oxygen atoms in total. The first kappa shape index (κ1) is 17.4. The minimum atomic E-state index is -0.910. The van der Waals surface area contributed by atoms with Gasteiger partial charge in [0.2, 0.25) is 0 Å². The molecule has 3 heteroatoms. The first-order valence-corrected chi connectivity index (χ1v) is 7.42. The maximum atomic E-state index is 10.3. The van der Waals surface area contributed by atoms with Crippen LogP contribution in [0.2, 0.25) is 0 Å². The predicted octanol–water partition coefficient (Wildman–Crippen LogP) is 3.99. The molecule has 0 radical (unpaired) electrons. The molecule has 0 aliphatic rings. The van der Waals surface area contributed by atoms with E-state index in [1.807, 2.05) is 0 Å². The highest BCUT2D eigenvalue weighted by molar-refractivity contribution is 5.67. The van der Waals surface area contributed by atoms with E-state index in [-0.39, 0.29) is 6.42 Å². The van der Waals surface area contributed by atoms with E-state index in [2.05, 4.69) is 13.8 Å². The van der Waals surface area contributed by atoms with Crippen molar-refractivity contribution >= 4 is 5.97 Å². The molecule has 0 amide bonds. The molecule has 0 aromatic rings. The van der Waals surface area contributed by atoms with Crippen LogP contribution in [-0.2, 0) is 4.79 Å². The lowest BCUT2D eigenvalue weighted by molar-refractivity contribution is -0.139. The summed E-state index contributed by atoms with van der Waals surface area (Å²) in [5, 5.41) is 17.8. The standard InChI is InChI=1S/C15H30O3/c1-13(2)10-8-6-4-3-5-7-9-11-14(16)12-15(17)18/h13-14,16H,3-12H2,1-2H3,(H,17,18)/t14-/m0/s1. The second-order valence-electron chi connectivity index (χ2n) is 5.70. The van der Waals surface area contributed by atoms with Crippen molar-refractivity contribution < 1.29 is 15.0 Å². The van der Waals surface area contributed by atoms with Gasteiger partial charge in [0.05, 0.1) is 12.5 Å². The Kier molecular flexibility index (Phi) is 11.2. The lowest BCUT2D eigenvalue weighted by Gasteiger charge is -2.07. The van der Waals surface area contributed by atoms with Gasteiger partial charge < -0.3 is 10.2 Å². The van der Waals surface area contributed by atoms with Crippen molar-refractivity contribution in [2.75, 3.05) is 0 Å². The van der Waals surface area contributed by atoms with Gasteiger partial charge in [0, 0.05) is 0 Å². The molecule has 0 heterocycles. The van der Waals surface area contributed by atoms with Crippen molar-refractivity contribution in [2.24, 2.45) is 5.92 Å². The summed E-state index contributed by atoms with van der Waals surface area (Å²) in [5.41, 5.74) is 0. The van der Waals surface area contributed by atoms with Crippen LogP contribution in [0.15, 0.2) is 0 Å². The van der Waals surface area contributed by atoms with Crippen molar-refractivity contribution in [3.8, 4) is 0 Å². The number of carbonyl (C=O) groups is 1. The second-order valence-corrected chi connectivity index (χ2v) is 5.70. The number of carboxylic acids is 1. The first-order chi connectivity index (χ1) is 8.52. The molecular formula is C15H30O3. The molecule has 1 atom stereocenters. The van der Waals surface area contributed by atoms with Gasteiger partial charge in [-0.1, -0.05) is 65.2 Å². The van der Waals surface area contributed by atoms with Gasteiger partial charge in [-0.2, -0.15) is 0 Å². The average molecular weight is 258 g/mol. The summed E-state index contributed by atoms with van der Waals surface area (Å²) in [7, 11) is 0. The quantitative estimate of drug-likeness (QED) is 0.520. The highest BCUT2D eigenvalue weighted by Crippen LogP contribution is 2.13. The smallest absolute Gasteiger partial charge is 0.305 e. The van der Waals surface area contributed by atoms with Crippen LogP contribution in [0.5, 0.6) is 0 Å². The summed E-state index contributed by atoms with van der Waals surface area (Å²) in [4.78, 5) is 10.3. The minimum absolute atomic E-state index is 0.116. The second kappa shape index (κ2) is 11.5. The molecule has 0 saturated heterocycles. The van der Waals surface area contributed by atoms with E-state index in [0.29, 0.717) is 6.42 Å². The summed E-state index contributed by atoms with van der Waals surface area (Å²) in [6.45, 7) is 4.53. The molecule has 0 unspecified atom stereocenters. The molecule has 18 heavy (non-hydrogen) atoms. The Morgan fingerprint density at radius 3 is 1.78 bits per heavy atom. The summed E-state index contributed by atoms with van der Waals surface area (Å²) >= 11 is 0. The molecule has 0 aromatic carbocycles. The van der Waals surface area contributed by atoms with Crippen LogP contribution in [-0.4, -0.2) is 22.3 Å². The van der Waals surface area contributed by atoms with Crippen molar-refractivity contribution in [1.82, 2.24) is 0 Å². The van der Waals surface area contributed by atoms with Crippen molar-refractivity contribution in [3.05, 3.63) is 0 Å². The van der Waals surface area contributed by atoms with Crippen LogP contribution in [0.25, 0.3) is 0 Å². The lowest BCUT2D eigenvalue weighted by atomic mass is 10.0. The molecule has 0 aromatic heterocycles. The van der Waals surface area contributed by atoms with Crippen molar-refractivity contribution in [1.29, 1.82) is 0 Å². The molecule has 0 saturated carbocycles. The van der Waals surface area contributed by atoms with Crippen LogP contribution in [0.4, 0.5) is 0 Å². The fraction of sp³-hybridized carbons (Fsp3) is 0.933.